The van der Waals surface area contributed by atoms with Gasteiger partial charge in [0, 0.05) is 13.0 Å². The zero-order valence-corrected chi connectivity index (χ0v) is 12.4. The Morgan fingerprint density at radius 1 is 1.00 bits per heavy atom. The van der Waals surface area contributed by atoms with Crippen LogP contribution in [0.2, 0.25) is 0 Å². The monoisotopic (exact) mass is 282 g/mol. The molecule has 1 saturated heterocycles. The third kappa shape index (κ3) is 2.09. The molecule has 0 spiro atoms. The van der Waals surface area contributed by atoms with Crippen LogP contribution in [0.1, 0.15) is 42.9 Å². The molecule has 1 aromatic carbocycles. The van der Waals surface area contributed by atoms with Crippen molar-refractivity contribution in [3.63, 3.8) is 0 Å². The van der Waals surface area contributed by atoms with Crippen LogP contribution < -0.4 is 5.32 Å². The number of aryl methyl sites for hydroxylation is 1. The van der Waals surface area contributed by atoms with Crippen LogP contribution in [0.5, 0.6) is 0 Å². The Labute approximate surface area is 125 Å². The van der Waals surface area contributed by atoms with Crippen molar-refractivity contribution in [2.45, 2.75) is 44.1 Å². The van der Waals surface area contributed by atoms with Gasteiger partial charge in [0.05, 0.1) is 5.41 Å². The Balaban J connectivity index is 1.85. The van der Waals surface area contributed by atoms with E-state index in [-0.39, 0.29) is 5.41 Å². The molecule has 1 N–H and O–H groups in total. The lowest BCUT2D eigenvalue weighted by Gasteiger charge is -2.38. The summed E-state index contributed by atoms with van der Waals surface area (Å²) in [6.07, 6.45) is 5.79. The van der Waals surface area contributed by atoms with Gasteiger partial charge in [0.15, 0.2) is 0 Å². The molecule has 4 rings (SSSR count). The number of aromatic nitrogens is 3. The lowest BCUT2D eigenvalue weighted by atomic mass is 9.72. The number of piperidine rings is 1. The molecule has 4 heteroatoms. The predicted molar refractivity (Wildman–Crippen MR) is 82.3 cm³/mol. The lowest BCUT2D eigenvalue weighted by molar-refractivity contribution is 0.328. The lowest BCUT2D eigenvalue weighted by Crippen LogP contribution is -2.42. The van der Waals surface area contributed by atoms with Crippen molar-refractivity contribution in [2.24, 2.45) is 0 Å². The smallest absolute Gasteiger partial charge is 0.143 e. The van der Waals surface area contributed by atoms with Crippen LogP contribution in [0.15, 0.2) is 30.3 Å². The number of fused-ring (bicyclic) bond motifs is 1. The molecular formula is C17H22N4. The first-order valence-corrected chi connectivity index (χ1v) is 8.09. The molecule has 2 aliphatic heterocycles. The molecule has 0 unspecified atom stereocenters. The Bertz CT molecular complexity index is 611. The molecule has 0 atom stereocenters. The van der Waals surface area contributed by atoms with E-state index in [2.05, 4.69) is 50.4 Å². The average molecular weight is 282 g/mol. The molecule has 0 bridgehead atoms. The van der Waals surface area contributed by atoms with Gasteiger partial charge in [-0.25, -0.2) is 0 Å². The minimum absolute atomic E-state index is 0.0368. The highest BCUT2D eigenvalue weighted by Gasteiger charge is 2.40. The van der Waals surface area contributed by atoms with E-state index in [0.29, 0.717) is 0 Å². The number of nitrogens with one attached hydrogen (secondary N) is 1. The Kier molecular flexibility index (Phi) is 3.26. The highest BCUT2D eigenvalue weighted by Crippen LogP contribution is 2.40. The summed E-state index contributed by atoms with van der Waals surface area (Å²) in [5, 5.41) is 12.6. The van der Waals surface area contributed by atoms with E-state index in [1.165, 1.54) is 30.1 Å². The fraction of sp³-hybridized carbons (Fsp3) is 0.529. The summed E-state index contributed by atoms with van der Waals surface area (Å²) < 4.78 is 2.40. The minimum Gasteiger partial charge on any atom is -0.317 e. The van der Waals surface area contributed by atoms with Gasteiger partial charge in [0.2, 0.25) is 0 Å². The van der Waals surface area contributed by atoms with Crippen molar-refractivity contribution in [3.05, 3.63) is 47.5 Å². The molecule has 1 fully saturated rings. The fourth-order valence-electron chi connectivity index (χ4n) is 3.91. The second-order valence-electron chi connectivity index (χ2n) is 6.25. The fourth-order valence-corrected chi connectivity index (χ4v) is 3.91. The van der Waals surface area contributed by atoms with Crippen molar-refractivity contribution in [1.29, 1.82) is 0 Å². The van der Waals surface area contributed by atoms with Gasteiger partial charge in [0.1, 0.15) is 11.6 Å². The number of hydrogen-bond donors (Lipinski definition) is 1. The van der Waals surface area contributed by atoms with Crippen molar-refractivity contribution >= 4 is 0 Å². The molecular weight excluding hydrogens is 260 g/mol. The molecule has 1 aromatic heterocycles. The van der Waals surface area contributed by atoms with Gasteiger partial charge < -0.3 is 9.88 Å². The Morgan fingerprint density at radius 3 is 2.62 bits per heavy atom. The quantitative estimate of drug-likeness (QED) is 0.919. The summed E-state index contributed by atoms with van der Waals surface area (Å²) in [5.41, 5.74) is 1.43. The van der Waals surface area contributed by atoms with Gasteiger partial charge in [-0.2, -0.15) is 0 Å². The van der Waals surface area contributed by atoms with Crippen LogP contribution >= 0.6 is 0 Å². The standard InChI is InChI=1S/C17H22N4/c1-2-6-14(7-3-1)17(9-11-18-12-10-17)16-20-19-15-8-4-5-13-21(15)16/h1-3,6-7,18H,4-5,8-13H2. The first-order chi connectivity index (χ1) is 10.4. The molecule has 2 aromatic rings. The number of nitrogens with zero attached hydrogens (tertiary/aromatic N) is 3. The van der Waals surface area contributed by atoms with E-state index in [9.17, 15) is 0 Å². The van der Waals surface area contributed by atoms with Crippen LogP contribution in [0.3, 0.4) is 0 Å². The Morgan fingerprint density at radius 2 is 1.81 bits per heavy atom. The summed E-state index contributed by atoms with van der Waals surface area (Å²) in [6, 6.07) is 10.9. The maximum absolute atomic E-state index is 4.66. The third-order valence-corrected chi connectivity index (χ3v) is 5.07. The van der Waals surface area contributed by atoms with Crippen LogP contribution in [-0.2, 0) is 18.4 Å². The topological polar surface area (TPSA) is 42.7 Å². The molecule has 21 heavy (non-hydrogen) atoms. The van der Waals surface area contributed by atoms with E-state index in [1.807, 2.05) is 0 Å². The summed E-state index contributed by atoms with van der Waals surface area (Å²) in [6.45, 7) is 3.19. The highest BCUT2D eigenvalue weighted by molar-refractivity contribution is 5.34. The minimum atomic E-state index is 0.0368. The third-order valence-electron chi connectivity index (χ3n) is 5.07. The van der Waals surface area contributed by atoms with E-state index < -0.39 is 0 Å². The van der Waals surface area contributed by atoms with Crippen LogP contribution in [0.25, 0.3) is 0 Å². The largest absolute Gasteiger partial charge is 0.317 e. The van der Waals surface area contributed by atoms with Crippen molar-refractivity contribution in [3.8, 4) is 0 Å². The average Bonchev–Trinajstić information content (AvgIpc) is 3.01. The molecule has 110 valence electrons. The van der Waals surface area contributed by atoms with Crippen molar-refractivity contribution < 1.29 is 0 Å². The normalized spacial score (nSPS) is 21.0. The predicted octanol–water partition coefficient (Wildman–Crippen LogP) is 2.28. The van der Waals surface area contributed by atoms with E-state index in [1.54, 1.807) is 0 Å². The first-order valence-electron chi connectivity index (χ1n) is 8.09. The van der Waals surface area contributed by atoms with Crippen LogP contribution in [0.4, 0.5) is 0 Å². The van der Waals surface area contributed by atoms with Gasteiger partial charge in [-0.1, -0.05) is 30.3 Å². The van der Waals surface area contributed by atoms with Crippen molar-refractivity contribution in [1.82, 2.24) is 20.1 Å². The summed E-state index contributed by atoms with van der Waals surface area (Å²) >= 11 is 0. The SMILES string of the molecule is c1ccc(C2(c3nnc4n3CCCC4)CCNCC2)cc1. The zero-order chi connectivity index (χ0) is 14.1. The second kappa shape index (κ2) is 5.26. The van der Waals surface area contributed by atoms with E-state index in [0.717, 1.165) is 38.9 Å². The van der Waals surface area contributed by atoms with Crippen LogP contribution in [0, 0.1) is 0 Å². The van der Waals surface area contributed by atoms with Gasteiger partial charge in [-0.3, -0.25) is 0 Å². The number of rotatable bonds is 2. The molecule has 3 heterocycles. The van der Waals surface area contributed by atoms with E-state index >= 15 is 0 Å². The Hall–Kier alpha value is -1.68. The first kappa shape index (κ1) is 13.0. The molecule has 4 nitrogen and oxygen atoms in total. The molecule has 0 aliphatic carbocycles. The summed E-state index contributed by atoms with van der Waals surface area (Å²) in [4.78, 5) is 0. The number of benzene rings is 1. The molecule has 2 aliphatic rings. The summed E-state index contributed by atoms with van der Waals surface area (Å²) in [7, 11) is 0. The van der Waals surface area contributed by atoms with Gasteiger partial charge in [-0.15, -0.1) is 10.2 Å². The van der Waals surface area contributed by atoms with Crippen molar-refractivity contribution in [2.75, 3.05) is 13.1 Å². The summed E-state index contributed by atoms with van der Waals surface area (Å²) in [5.74, 6) is 2.38. The van der Waals surface area contributed by atoms with Crippen LogP contribution in [-0.4, -0.2) is 27.9 Å². The van der Waals surface area contributed by atoms with E-state index in [4.69, 9.17) is 0 Å². The van der Waals surface area contributed by atoms with Gasteiger partial charge in [0.25, 0.3) is 0 Å². The maximum Gasteiger partial charge on any atom is 0.143 e. The molecule has 0 amide bonds. The number of hydrogen-bond acceptors (Lipinski definition) is 3. The maximum atomic E-state index is 4.66. The van der Waals surface area contributed by atoms with Gasteiger partial charge >= 0.3 is 0 Å². The second-order valence-corrected chi connectivity index (χ2v) is 6.25. The molecule has 0 saturated carbocycles. The van der Waals surface area contributed by atoms with Gasteiger partial charge in [-0.05, 0) is 44.3 Å². The zero-order valence-electron chi connectivity index (χ0n) is 12.4. The highest BCUT2D eigenvalue weighted by atomic mass is 15.3. The molecule has 0 radical (unpaired) electrons.